The summed E-state index contributed by atoms with van der Waals surface area (Å²) in [6.07, 6.45) is 7.28. The smallest absolute Gasteiger partial charge is 0.372 e. The molecule has 1 aromatic heterocycles. The van der Waals surface area contributed by atoms with Crippen molar-refractivity contribution < 1.29 is 14.3 Å². The topological polar surface area (TPSA) is 62.5 Å². The maximum atomic E-state index is 11.3. The number of hydrogen-bond acceptors (Lipinski definition) is 3. The van der Waals surface area contributed by atoms with E-state index in [4.69, 9.17) is 10.8 Å². The number of para-hydroxylation sites is 1. The molecule has 2 rings (SSSR count). The van der Waals surface area contributed by atoms with Crippen LogP contribution in [0.2, 0.25) is 0 Å². The van der Waals surface area contributed by atoms with Gasteiger partial charge >= 0.3 is 5.97 Å². The third kappa shape index (κ3) is 2.84. The van der Waals surface area contributed by atoms with Crippen LogP contribution in [0.25, 0.3) is 11.0 Å². The summed E-state index contributed by atoms with van der Waals surface area (Å²) in [4.78, 5) is 11.3. The summed E-state index contributed by atoms with van der Waals surface area (Å²) in [5, 5.41) is 13.2. The van der Waals surface area contributed by atoms with E-state index in [1.807, 2.05) is 18.2 Å². The fraction of sp³-hybridized carbons (Fsp3) is 0.312. The number of benzene rings is 1. The molecule has 0 amide bonds. The summed E-state index contributed by atoms with van der Waals surface area (Å²) in [6, 6.07) is 7.23. The van der Waals surface area contributed by atoms with E-state index in [0.29, 0.717) is 17.7 Å². The Morgan fingerprint density at radius 3 is 2.90 bits per heavy atom. The molecule has 0 saturated heterocycles. The van der Waals surface area contributed by atoms with Crippen molar-refractivity contribution in [3.8, 4) is 12.3 Å². The number of terminal acetylenes is 1. The second-order valence-electron chi connectivity index (χ2n) is 4.60. The summed E-state index contributed by atoms with van der Waals surface area (Å²) in [5.41, 5.74) is 1.22. The normalized spacial score (nSPS) is 12.2. The molecule has 2 N–H and O–H groups in total. The number of carboxylic acids is 1. The molecule has 1 atom stereocenters. The molecular formula is C16H17NO3. The molecule has 104 valence electrons. The Morgan fingerprint density at radius 1 is 1.50 bits per heavy atom. The van der Waals surface area contributed by atoms with Crippen LogP contribution in [0.3, 0.4) is 0 Å². The highest BCUT2D eigenvalue weighted by atomic mass is 16.4. The molecule has 1 aromatic carbocycles. The first-order chi connectivity index (χ1) is 9.67. The molecule has 0 bridgehead atoms. The predicted molar refractivity (Wildman–Crippen MR) is 77.5 cm³/mol. The maximum Gasteiger partial charge on any atom is 0.372 e. The largest absolute Gasteiger partial charge is 0.475 e. The van der Waals surface area contributed by atoms with Gasteiger partial charge in [0.25, 0.3) is 0 Å². The van der Waals surface area contributed by atoms with Crippen LogP contribution in [0.1, 0.15) is 35.9 Å². The first-order valence-corrected chi connectivity index (χ1v) is 6.60. The maximum absolute atomic E-state index is 11.3. The van der Waals surface area contributed by atoms with Gasteiger partial charge in [0.05, 0.1) is 6.04 Å². The van der Waals surface area contributed by atoms with E-state index in [1.54, 1.807) is 6.07 Å². The molecule has 0 spiro atoms. The van der Waals surface area contributed by atoms with Gasteiger partial charge in [-0.3, -0.25) is 5.32 Å². The highest BCUT2D eigenvalue weighted by molar-refractivity contribution is 5.95. The van der Waals surface area contributed by atoms with E-state index in [2.05, 4.69) is 18.2 Å². The molecular weight excluding hydrogens is 254 g/mol. The van der Waals surface area contributed by atoms with Crippen LogP contribution in [-0.4, -0.2) is 17.1 Å². The number of carbonyl (C=O) groups is 1. The molecule has 0 radical (unpaired) electrons. The van der Waals surface area contributed by atoms with Crippen molar-refractivity contribution in [3.63, 3.8) is 0 Å². The summed E-state index contributed by atoms with van der Waals surface area (Å²) in [7, 11) is 0. The van der Waals surface area contributed by atoms with Crippen molar-refractivity contribution in [2.45, 2.75) is 32.4 Å². The summed E-state index contributed by atoms with van der Waals surface area (Å²) < 4.78 is 5.40. The first-order valence-electron chi connectivity index (χ1n) is 6.60. The number of hydrogen-bond donors (Lipinski definition) is 2. The molecule has 0 saturated carbocycles. The molecule has 0 aliphatic rings. The highest BCUT2D eigenvalue weighted by Gasteiger charge is 2.19. The minimum atomic E-state index is -1.06. The average Bonchev–Trinajstić information content (AvgIpc) is 2.82. The van der Waals surface area contributed by atoms with E-state index < -0.39 is 5.97 Å². The molecule has 1 unspecified atom stereocenters. The minimum Gasteiger partial charge on any atom is -0.475 e. The van der Waals surface area contributed by atoms with E-state index in [1.165, 1.54) is 0 Å². The van der Waals surface area contributed by atoms with Gasteiger partial charge in [0.15, 0.2) is 0 Å². The summed E-state index contributed by atoms with van der Waals surface area (Å²) >= 11 is 0. The van der Waals surface area contributed by atoms with Gasteiger partial charge in [-0.1, -0.05) is 37.5 Å². The quantitative estimate of drug-likeness (QED) is 0.793. The van der Waals surface area contributed by atoms with E-state index in [9.17, 15) is 9.90 Å². The monoisotopic (exact) mass is 271 g/mol. The zero-order chi connectivity index (χ0) is 14.5. The van der Waals surface area contributed by atoms with Crippen molar-refractivity contribution >= 4 is 16.9 Å². The molecule has 4 heteroatoms. The van der Waals surface area contributed by atoms with Crippen LogP contribution in [0.5, 0.6) is 0 Å². The number of rotatable bonds is 6. The van der Waals surface area contributed by atoms with Crippen molar-refractivity contribution in [2.75, 3.05) is 0 Å². The van der Waals surface area contributed by atoms with Gasteiger partial charge in [0, 0.05) is 17.5 Å². The number of fused-ring (bicyclic) bond motifs is 1. The number of nitrogens with one attached hydrogen (secondary N) is 1. The third-order valence-corrected chi connectivity index (χ3v) is 3.20. The van der Waals surface area contributed by atoms with E-state index >= 15 is 0 Å². The van der Waals surface area contributed by atoms with E-state index in [0.717, 1.165) is 18.2 Å². The van der Waals surface area contributed by atoms with Crippen molar-refractivity contribution in [1.82, 2.24) is 5.32 Å². The molecule has 0 aliphatic heterocycles. The molecule has 0 fully saturated rings. The average molecular weight is 271 g/mol. The van der Waals surface area contributed by atoms with Crippen molar-refractivity contribution in [1.29, 1.82) is 0 Å². The molecule has 20 heavy (non-hydrogen) atoms. The number of furan rings is 1. The lowest BCUT2D eigenvalue weighted by Crippen LogP contribution is -2.27. The summed E-state index contributed by atoms with van der Waals surface area (Å²) in [5.74, 6) is 1.59. The second kappa shape index (κ2) is 6.27. The van der Waals surface area contributed by atoms with Crippen LogP contribution in [-0.2, 0) is 6.54 Å². The van der Waals surface area contributed by atoms with Gasteiger partial charge in [-0.2, -0.15) is 0 Å². The van der Waals surface area contributed by atoms with Gasteiger partial charge in [-0.25, -0.2) is 4.79 Å². The zero-order valence-corrected chi connectivity index (χ0v) is 11.3. The standard InChI is InChI=1S/C16H17NO3/c1-3-7-11(4-2)17-10-13-12-8-5-6-9-14(12)20-15(13)16(18)19/h2,5-6,8-9,11,17H,3,7,10H2,1H3,(H,18,19). The summed E-state index contributed by atoms with van der Waals surface area (Å²) in [6.45, 7) is 2.44. The Balaban J connectivity index is 2.30. The lowest BCUT2D eigenvalue weighted by molar-refractivity contribution is 0.0663. The molecule has 0 aliphatic carbocycles. The second-order valence-corrected chi connectivity index (χ2v) is 4.60. The predicted octanol–water partition coefficient (Wildman–Crippen LogP) is 3.02. The molecule has 2 aromatic rings. The van der Waals surface area contributed by atoms with Gasteiger partial charge in [0.2, 0.25) is 5.76 Å². The zero-order valence-electron chi connectivity index (χ0n) is 11.3. The van der Waals surface area contributed by atoms with Crippen LogP contribution < -0.4 is 5.32 Å². The fourth-order valence-corrected chi connectivity index (χ4v) is 2.21. The van der Waals surface area contributed by atoms with Crippen molar-refractivity contribution in [3.05, 3.63) is 35.6 Å². The fourth-order valence-electron chi connectivity index (χ4n) is 2.21. The Kier molecular flexibility index (Phi) is 4.44. The SMILES string of the molecule is C#CC(CCC)NCc1c(C(=O)O)oc2ccccc12. The first kappa shape index (κ1) is 14.2. The highest BCUT2D eigenvalue weighted by Crippen LogP contribution is 2.26. The van der Waals surface area contributed by atoms with Gasteiger partial charge in [-0.15, -0.1) is 6.42 Å². The van der Waals surface area contributed by atoms with Crippen LogP contribution in [0.15, 0.2) is 28.7 Å². The Bertz CT molecular complexity index is 651. The van der Waals surface area contributed by atoms with Crippen LogP contribution >= 0.6 is 0 Å². The van der Waals surface area contributed by atoms with E-state index in [-0.39, 0.29) is 11.8 Å². The Labute approximate surface area is 117 Å². The number of carboxylic acid groups (broad SMARTS) is 1. The van der Waals surface area contributed by atoms with Crippen molar-refractivity contribution in [2.24, 2.45) is 0 Å². The number of aromatic carboxylic acids is 1. The van der Waals surface area contributed by atoms with Gasteiger partial charge in [-0.05, 0) is 12.5 Å². The minimum absolute atomic E-state index is 0.0223. The Morgan fingerprint density at radius 2 is 2.25 bits per heavy atom. The lowest BCUT2D eigenvalue weighted by atomic mass is 10.1. The van der Waals surface area contributed by atoms with Gasteiger partial charge in [0.1, 0.15) is 5.58 Å². The van der Waals surface area contributed by atoms with Crippen LogP contribution in [0.4, 0.5) is 0 Å². The third-order valence-electron chi connectivity index (χ3n) is 3.20. The molecule has 1 heterocycles. The van der Waals surface area contributed by atoms with Crippen LogP contribution in [0, 0.1) is 12.3 Å². The Hall–Kier alpha value is -2.25. The molecule has 4 nitrogen and oxygen atoms in total. The van der Waals surface area contributed by atoms with Gasteiger partial charge < -0.3 is 9.52 Å². The lowest BCUT2D eigenvalue weighted by Gasteiger charge is -2.11.